The first kappa shape index (κ1) is 14.9. The van der Waals surface area contributed by atoms with Crippen molar-refractivity contribution in [2.45, 2.75) is 24.3 Å². The van der Waals surface area contributed by atoms with Gasteiger partial charge in [0.15, 0.2) is 0 Å². The highest BCUT2D eigenvalue weighted by molar-refractivity contribution is 7.99. The van der Waals surface area contributed by atoms with Crippen molar-refractivity contribution in [3.63, 3.8) is 0 Å². The fourth-order valence-corrected chi connectivity index (χ4v) is 3.11. The minimum atomic E-state index is 0.121. The molecule has 0 saturated heterocycles. The number of benzene rings is 2. The topological polar surface area (TPSA) is 35.2 Å². The SMILES string of the molecule is COc1ccccc1CC(N)CSc1ccccc1C. The standard InChI is InChI=1S/C17H21NOS/c1-13-7-3-6-10-17(13)20-12-15(18)11-14-8-4-5-9-16(14)19-2/h3-10,15H,11-12,18H2,1-2H3. The Hall–Kier alpha value is -1.45. The van der Waals surface area contributed by atoms with E-state index >= 15 is 0 Å². The van der Waals surface area contributed by atoms with Crippen molar-refractivity contribution in [1.82, 2.24) is 0 Å². The minimum absolute atomic E-state index is 0.121. The van der Waals surface area contributed by atoms with Gasteiger partial charge in [-0.25, -0.2) is 0 Å². The maximum absolute atomic E-state index is 6.25. The minimum Gasteiger partial charge on any atom is -0.496 e. The van der Waals surface area contributed by atoms with E-state index in [0.717, 1.165) is 17.9 Å². The quantitative estimate of drug-likeness (QED) is 0.823. The van der Waals surface area contributed by atoms with E-state index in [2.05, 4.69) is 37.3 Å². The lowest BCUT2D eigenvalue weighted by Crippen LogP contribution is -2.25. The van der Waals surface area contributed by atoms with Gasteiger partial charge in [0.2, 0.25) is 0 Å². The third-order valence-corrected chi connectivity index (χ3v) is 4.59. The second-order valence-electron chi connectivity index (χ2n) is 4.85. The summed E-state index contributed by atoms with van der Waals surface area (Å²) in [5.74, 6) is 1.83. The van der Waals surface area contributed by atoms with Gasteiger partial charge in [-0.2, -0.15) is 0 Å². The Balaban J connectivity index is 1.93. The Morgan fingerprint density at radius 1 is 1.10 bits per heavy atom. The predicted octanol–water partition coefficient (Wildman–Crippen LogP) is 3.67. The van der Waals surface area contributed by atoms with E-state index in [4.69, 9.17) is 10.5 Å². The van der Waals surface area contributed by atoms with Gasteiger partial charge < -0.3 is 10.5 Å². The number of rotatable bonds is 6. The van der Waals surface area contributed by atoms with E-state index in [-0.39, 0.29) is 6.04 Å². The van der Waals surface area contributed by atoms with Crippen LogP contribution in [0.4, 0.5) is 0 Å². The van der Waals surface area contributed by atoms with Crippen molar-refractivity contribution in [3.8, 4) is 5.75 Å². The first-order valence-electron chi connectivity index (χ1n) is 6.76. The van der Waals surface area contributed by atoms with Crippen LogP contribution in [-0.2, 0) is 6.42 Å². The van der Waals surface area contributed by atoms with Crippen LogP contribution in [0.1, 0.15) is 11.1 Å². The fraction of sp³-hybridized carbons (Fsp3) is 0.294. The highest BCUT2D eigenvalue weighted by atomic mass is 32.2. The van der Waals surface area contributed by atoms with Gasteiger partial charge in [0.05, 0.1) is 7.11 Å². The highest BCUT2D eigenvalue weighted by Crippen LogP contribution is 2.24. The average Bonchev–Trinajstić information content (AvgIpc) is 2.47. The Morgan fingerprint density at radius 3 is 2.55 bits per heavy atom. The molecule has 2 aromatic carbocycles. The fourth-order valence-electron chi connectivity index (χ4n) is 2.13. The number of hydrogen-bond acceptors (Lipinski definition) is 3. The number of aryl methyl sites for hydroxylation is 1. The molecule has 0 aliphatic carbocycles. The van der Waals surface area contributed by atoms with Crippen LogP contribution in [0, 0.1) is 6.92 Å². The second kappa shape index (κ2) is 7.36. The molecule has 0 fully saturated rings. The zero-order valence-corrected chi connectivity index (χ0v) is 12.8. The molecule has 2 nitrogen and oxygen atoms in total. The van der Waals surface area contributed by atoms with Crippen LogP contribution in [0.15, 0.2) is 53.4 Å². The van der Waals surface area contributed by atoms with Crippen LogP contribution in [0.2, 0.25) is 0 Å². The Bertz CT molecular complexity index is 556. The van der Waals surface area contributed by atoms with E-state index in [1.54, 1.807) is 7.11 Å². The molecule has 1 atom stereocenters. The molecule has 0 amide bonds. The molecule has 0 bridgehead atoms. The molecule has 2 aromatic rings. The van der Waals surface area contributed by atoms with Gasteiger partial charge in [0.25, 0.3) is 0 Å². The van der Waals surface area contributed by atoms with E-state index < -0.39 is 0 Å². The molecular weight excluding hydrogens is 266 g/mol. The summed E-state index contributed by atoms with van der Waals surface area (Å²) in [5, 5.41) is 0. The maximum atomic E-state index is 6.25. The first-order valence-corrected chi connectivity index (χ1v) is 7.75. The van der Waals surface area contributed by atoms with E-state index in [9.17, 15) is 0 Å². The van der Waals surface area contributed by atoms with Crippen LogP contribution >= 0.6 is 11.8 Å². The molecule has 1 unspecified atom stereocenters. The molecular formula is C17H21NOS. The van der Waals surface area contributed by atoms with Crippen molar-refractivity contribution >= 4 is 11.8 Å². The normalized spacial score (nSPS) is 12.2. The second-order valence-corrected chi connectivity index (χ2v) is 5.91. The first-order chi connectivity index (χ1) is 9.70. The van der Waals surface area contributed by atoms with Gasteiger partial charge in [-0.05, 0) is 36.6 Å². The zero-order chi connectivity index (χ0) is 14.4. The summed E-state index contributed by atoms with van der Waals surface area (Å²) in [6, 6.07) is 16.6. The molecule has 106 valence electrons. The van der Waals surface area contributed by atoms with Crippen molar-refractivity contribution in [2.75, 3.05) is 12.9 Å². The summed E-state index contributed by atoms with van der Waals surface area (Å²) < 4.78 is 5.37. The molecule has 20 heavy (non-hydrogen) atoms. The Kier molecular flexibility index (Phi) is 5.50. The molecule has 0 aliphatic rings. The summed E-state index contributed by atoms with van der Waals surface area (Å²) in [6.07, 6.45) is 0.836. The Labute approximate surface area is 125 Å². The molecule has 0 aromatic heterocycles. The molecule has 0 radical (unpaired) electrons. The van der Waals surface area contributed by atoms with Gasteiger partial charge in [-0.15, -0.1) is 11.8 Å². The zero-order valence-electron chi connectivity index (χ0n) is 12.0. The van der Waals surface area contributed by atoms with E-state index in [1.807, 2.05) is 30.0 Å². The number of nitrogens with two attached hydrogens (primary N) is 1. The molecule has 3 heteroatoms. The largest absolute Gasteiger partial charge is 0.496 e. The monoisotopic (exact) mass is 287 g/mol. The summed E-state index contributed by atoms with van der Waals surface area (Å²) in [4.78, 5) is 1.31. The van der Waals surface area contributed by atoms with Crippen LogP contribution in [0.3, 0.4) is 0 Å². The van der Waals surface area contributed by atoms with Crippen molar-refractivity contribution in [3.05, 3.63) is 59.7 Å². The number of ether oxygens (including phenoxy) is 1. The van der Waals surface area contributed by atoms with Crippen molar-refractivity contribution in [2.24, 2.45) is 5.73 Å². The molecule has 0 heterocycles. The molecule has 0 spiro atoms. The van der Waals surface area contributed by atoms with Crippen LogP contribution < -0.4 is 10.5 Å². The number of hydrogen-bond donors (Lipinski definition) is 1. The average molecular weight is 287 g/mol. The lowest BCUT2D eigenvalue weighted by Gasteiger charge is -2.14. The van der Waals surface area contributed by atoms with Crippen LogP contribution in [0.5, 0.6) is 5.75 Å². The van der Waals surface area contributed by atoms with Gasteiger partial charge in [0.1, 0.15) is 5.75 Å². The van der Waals surface area contributed by atoms with E-state index in [0.29, 0.717) is 0 Å². The number of methoxy groups -OCH3 is 1. The van der Waals surface area contributed by atoms with Gasteiger partial charge in [-0.1, -0.05) is 36.4 Å². The van der Waals surface area contributed by atoms with Crippen molar-refractivity contribution < 1.29 is 4.74 Å². The number of para-hydroxylation sites is 1. The Morgan fingerprint density at radius 2 is 1.80 bits per heavy atom. The molecule has 2 N–H and O–H groups in total. The molecule has 0 saturated carbocycles. The highest BCUT2D eigenvalue weighted by Gasteiger charge is 2.09. The van der Waals surface area contributed by atoms with Crippen LogP contribution in [-0.4, -0.2) is 18.9 Å². The lowest BCUT2D eigenvalue weighted by atomic mass is 10.1. The summed E-state index contributed by atoms with van der Waals surface area (Å²) in [7, 11) is 1.70. The van der Waals surface area contributed by atoms with Crippen LogP contribution in [0.25, 0.3) is 0 Å². The number of thioether (sulfide) groups is 1. The maximum Gasteiger partial charge on any atom is 0.122 e. The van der Waals surface area contributed by atoms with Gasteiger partial charge in [-0.3, -0.25) is 0 Å². The molecule has 2 rings (SSSR count). The third kappa shape index (κ3) is 4.02. The van der Waals surface area contributed by atoms with E-state index in [1.165, 1.54) is 16.0 Å². The third-order valence-electron chi connectivity index (χ3n) is 3.22. The lowest BCUT2D eigenvalue weighted by molar-refractivity contribution is 0.408. The predicted molar refractivity (Wildman–Crippen MR) is 86.6 cm³/mol. The summed E-state index contributed by atoms with van der Waals surface area (Å²) in [6.45, 7) is 2.13. The summed E-state index contributed by atoms with van der Waals surface area (Å²) in [5.41, 5.74) is 8.73. The smallest absolute Gasteiger partial charge is 0.122 e. The molecule has 0 aliphatic heterocycles. The van der Waals surface area contributed by atoms with Gasteiger partial charge >= 0.3 is 0 Å². The van der Waals surface area contributed by atoms with Gasteiger partial charge in [0, 0.05) is 16.7 Å². The van der Waals surface area contributed by atoms with Crippen molar-refractivity contribution in [1.29, 1.82) is 0 Å². The summed E-state index contributed by atoms with van der Waals surface area (Å²) >= 11 is 1.82.